The molecular weight excluding hydrogens is 453 g/mol. The molecule has 0 radical (unpaired) electrons. The minimum atomic E-state index is -3.70. The Morgan fingerprint density at radius 2 is 1.64 bits per heavy atom. The summed E-state index contributed by atoms with van der Waals surface area (Å²) in [6, 6.07) is 5.24. The van der Waals surface area contributed by atoms with Gasteiger partial charge in [0.05, 0.1) is 23.2 Å². The SMILES string of the molecule is CC(C)c1nc(N(C)S(C)(=O)=O)nc(-c2ccc(F)cc2)c1/C(O)=C(\O)CCCCC(=O)O. The molecule has 0 bridgehead atoms. The van der Waals surface area contributed by atoms with E-state index in [1.54, 1.807) is 13.8 Å². The highest BCUT2D eigenvalue weighted by molar-refractivity contribution is 7.92. The summed E-state index contributed by atoms with van der Waals surface area (Å²) >= 11 is 0. The van der Waals surface area contributed by atoms with E-state index in [1.165, 1.54) is 31.3 Å². The summed E-state index contributed by atoms with van der Waals surface area (Å²) < 4.78 is 38.6. The Hall–Kier alpha value is -3.21. The quantitative estimate of drug-likeness (QED) is 0.338. The van der Waals surface area contributed by atoms with Gasteiger partial charge in [0.2, 0.25) is 16.0 Å². The lowest BCUT2D eigenvalue weighted by Crippen LogP contribution is -2.28. The lowest BCUT2D eigenvalue weighted by atomic mass is 9.96. The van der Waals surface area contributed by atoms with Gasteiger partial charge < -0.3 is 15.3 Å². The van der Waals surface area contributed by atoms with Gasteiger partial charge in [-0.15, -0.1) is 0 Å². The molecule has 0 fully saturated rings. The van der Waals surface area contributed by atoms with E-state index in [0.717, 1.165) is 10.6 Å². The van der Waals surface area contributed by atoms with E-state index < -0.39 is 27.6 Å². The highest BCUT2D eigenvalue weighted by atomic mass is 32.2. The normalized spacial score (nSPS) is 12.5. The zero-order valence-electron chi connectivity index (χ0n) is 18.9. The summed E-state index contributed by atoms with van der Waals surface area (Å²) in [4.78, 5) is 19.4. The van der Waals surface area contributed by atoms with Crippen molar-refractivity contribution in [2.45, 2.75) is 45.4 Å². The third kappa shape index (κ3) is 6.64. The molecule has 0 saturated carbocycles. The van der Waals surface area contributed by atoms with Crippen LogP contribution in [0.5, 0.6) is 0 Å². The van der Waals surface area contributed by atoms with E-state index in [2.05, 4.69) is 9.97 Å². The van der Waals surface area contributed by atoms with Gasteiger partial charge in [0.1, 0.15) is 11.6 Å². The van der Waals surface area contributed by atoms with Crippen LogP contribution >= 0.6 is 0 Å². The molecule has 0 aliphatic heterocycles. The number of hydrogen-bond acceptors (Lipinski definition) is 7. The number of aromatic nitrogens is 2. The van der Waals surface area contributed by atoms with Crippen LogP contribution in [0.3, 0.4) is 0 Å². The molecule has 9 nitrogen and oxygen atoms in total. The van der Waals surface area contributed by atoms with Crippen molar-refractivity contribution in [3.05, 3.63) is 47.1 Å². The number of carboxylic acids is 1. The van der Waals surface area contributed by atoms with Crippen LogP contribution in [-0.2, 0) is 14.8 Å². The van der Waals surface area contributed by atoms with Crippen LogP contribution in [0.4, 0.5) is 10.3 Å². The third-order valence-corrected chi connectivity index (χ3v) is 6.09. The van der Waals surface area contributed by atoms with Crippen LogP contribution in [0.2, 0.25) is 0 Å². The first-order chi connectivity index (χ1) is 15.3. The number of anilines is 1. The molecule has 33 heavy (non-hydrogen) atoms. The number of aliphatic hydroxyl groups is 2. The highest BCUT2D eigenvalue weighted by Crippen LogP contribution is 2.35. The Bertz CT molecular complexity index is 1150. The van der Waals surface area contributed by atoms with Crippen molar-refractivity contribution in [2.24, 2.45) is 0 Å². The molecule has 0 aliphatic rings. The molecule has 11 heteroatoms. The first kappa shape index (κ1) is 26.0. The van der Waals surface area contributed by atoms with Crippen LogP contribution in [-0.4, -0.2) is 53.0 Å². The number of aliphatic carboxylic acids is 1. The molecule has 2 aromatic rings. The van der Waals surface area contributed by atoms with E-state index in [-0.39, 0.29) is 47.4 Å². The molecule has 1 heterocycles. The zero-order chi connectivity index (χ0) is 24.9. The summed E-state index contributed by atoms with van der Waals surface area (Å²) in [5.41, 5.74) is 0.875. The maximum Gasteiger partial charge on any atom is 0.303 e. The summed E-state index contributed by atoms with van der Waals surface area (Å²) in [5, 5.41) is 30.2. The Labute approximate surface area is 192 Å². The van der Waals surface area contributed by atoms with Crippen molar-refractivity contribution in [1.82, 2.24) is 9.97 Å². The molecule has 180 valence electrons. The van der Waals surface area contributed by atoms with Gasteiger partial charge in [0.25, 0.3) is 0 Å². The predicted molar refractivity (Wildman–Crippen MR) is 123 cm³/mol. The maximum atomic E-state index is 13.5. The Balaban J connectivity index is 2.72. The topological polar surface area (TPSA) is 141 Å². The monoisotopic (exact) mass is 481 g/mol. The largest absolute Gasteiger partial charge is 0.508 e. The predicted octanol–water partition coefficient (Wildman–Crippen LogP) is 4.23. The van der Waals surface area contributed by atoms with Gasteiger partial charge in [0.15, 0.2) is 5.76 Å². The molecule has 2 rings (SSSR count). The minimum Gasteiger partial charge on any atom is -0.508 e. The summed E-state index contributed by atoms with van der Waals surface area (Å²) in [6.07, 6.45) is 1.58. The number of sulfonamides is 1. The summed E-state index contributed by atoms with van der Waals surface area (Å²) in [6.45, 7) is 3.56. The first-order valence-corrected chi connectivity index (χ1v) is 12.1. The van der Waals surface area contributed by atoms with Gasteiger partial charge in [0, 0.05) is 25.5 Å². The number of rotatable bonds is 10. The van der Waals surface area contributed by atoms with Crippen molar-refractivity contribution < 1.29 is 32.9 Å². The molecular formula is C22H28FN3O6S. The number of benzene rings is 1. The van der Waals surface area contributed by atoms with E-state index in [4.69, 9.17) is 5.11 Å². The lowest BCUT2D eigenvalue weighted by Gasteiger charge is -2.21. The number of carbonyl (C=O) groups is 1. The molecule has 0 atom stereocenters. The first-order valence-electron chi connectivity index (χ1n) is 10.3. The summed E-state index contributed by atoms with van der Waals surface area (Å²) in [7, 11) is -2.41. The Morgan fingerprint density at radius 1 is 1.06 bits per heavy atom. The summed E-state index contributed by atoms with van der Waals surface area (Å²) in [5.74, 6) is -2.77. The van der Waals surface area contributed by atoms with Crippen LogP contribution in [0, 0.1) is 5.82 Å². The lowest BCUT2D eigenvalue weighted by molar-refractivity contribution is -0.137. The second kappa shape index (κ2) is 10.6. The van der Waals surface area contributed by atoms with Gasteiger partial charge in [-0.3, -0.25) is 4.79 Å². The molecule has 0 unspecified atom stereocenters. The molecule has 3 N–H and O–H groups in total. The fourth-order valence-corrected chi connectivity index (χ4v) is 3.43. The number of nitrogens with zero attached hydrogens (tertiary/aromatic N) is 3. The van der Waals surface area contributed by atoms with Gasteiger partial charge in [-0.05, 0) is 43.0 Å². The van der Waals surface area contributed by atoms with Crippen LogP contribution in [0.15, 0.2) is 30.0 Å². The molecule has 1 aromatic heterocycles. The van der Waals surface area contributed by atoms with Crippen molar-refractivity contribution in [3.8, 4) is 11.3 Å². The van der Waals surface area contributed by atoms with Gasteiger partial charge >= 0.3 is 5.97 Å². The number of carboxylic acid groups (broad SMARTS) is 1. The van der Waals surface area contributed by atoms with Gasteiger partial charge in [-0.2, -0.15) is 0 Å². The fraction of sp³-hybridized carbons (Fsp3) is 0.409. The number of aliphatic hydroxyl groups excluding tert-OH is 2. The molecule has 0 amide bonds. The number of unbranched alkanes of at least 4 members (excludes halogenated alkanes) is 1. The van der Waals surface area contributed by atoms with Crippen molar-refractivity contribution in [1.29, 1.82) is 0 Å². The average molecular weight is 482 g/mol. The molecule has 0 spiro atoms. The van der Waals surface area contributed by atoms with E-state index >= 15 is 0 Å². The highest BCUT2D eigenvalue weighted by Gasteiger charge is 2.26. The number of allylic oxidation sites excluding steroid dienone is 1. The molecule has 0 aliphatic carbocycles. The second-order valence-electron chi connectivity index (χ2n) is 7.92. The fourth-order valence-electron chi connectivity index (χ4n) is 3.05. The molecule has 0 saturated heterocycles. The van der Waals surface area contributed by atoms with Crippen molar-refractivity contribution in [3.63, 3.8) is 0 Å². The maximum absolute atomic E-state index is 13.5. The van der Waals surface area contributed by atoms with Crippen LogP contribution in [0.25, 0.3) is 17.0 Å². The number of hydrogen-bond donors (Lipinski definition) is 3. The average Bonchev–Trinajstić information content (AvgIpc) is 2.74. The van der Waals surface area contributed by atoms with Crippen molar-refractivity contribution >= 4 is 27.7 Å². The molecule has 1 aromatic carbocycles. The van der Waals surface area contributed by atoms with E-state index in [1.807, 2.05) is 0 Å². The van der Waals surface area contributed by atoms with Crippen molar-refractivity contribution in [2.75, 3.05) is 17.6 Å². The second-order valence-corrected chi connectivity index (χ2v) is 9.93. The Kier molecular flexibility index (Phi) is 8.37. The smallest absolute Gasteiger partial charge is 0.303 e. The van der Waals surface area contributed by atoms with Crippen LogP contribution < -0.4 is 4.31 Å². The van der Waals surface area contributed by atoms with Gasteiger partial charge in [-0.1, -0.05) is 13.8 Å². The van der Waals surface area contributed by atoms with E-state index in [0.29, 0.717) is 18.4 Å². The third-order valence-electron chi connectivity index (χ3n) is 4.93. The van der Waals surface area contributed by atoms with Crippen LogP contribution in [0.1, 0.15) is 56.7 Å². The minimum absolute atomic E-state index is 0.0184. The standard InChI is InChI=1S/C22H28FN3O6S/c1-13(2)19-18(21(30)16(27)7-5-6-8-17(28)29)20(14-9-11-15(23)12-10-14)25-22(24-19)26(3)33(4,31)32/h9-13,27,30H,5-8H2,1-4H3,(H,28,29)/b21-16+. The zero-order valence-corrected chi connectivity index (χ0v) is 19.7. The van der Waals surface area contributed by atoms with Gasteiger partial charge in [-0.25, -0.2) is 27.1 Å². The number of halogens is 1. The van der Waals surface area contributed by atoms with E-state index in [9.17, 15) is 27.8 Å². The Morgan fingerprint density at radius 3 is 2.15 bits per heavy atom.